The molecule has 2 heterocycles. The molecule has 1 aromatic carbocycles. The van der Waals surface area contributed by atoms with E-state index < -0.39 is 5.82 Å². The molecule has 3 aliphatic rings. The fourth-order valence-corrected chi connectivity index (χ4v) is 5.48. The average Bonchev–Trinajstić information content (AvgIpc) is 2.60. The van der Waals surface area contributed by atoms with E-state index in [9.17, 15) is 8.78 Å². The normalized spacial score (nSPS) is 24.8. The van der Waals surface area contributed by atoms with E-state index in [0.717, 1.165) is 50.0 Å². The largest absolute Gasteiger partial charge is 0.312 e. The van der Waals surface area contributed by atoms with Crippen LogP contribution in [0.1, 0.15) is 68.9 Å². The third kappa shape index (κ3) is 3.82. The molecule has 1 saturated carbocycles. The minimum Gasteiger partial charge on any atom is -0.312 e. The van der Waals surface area contributed by atoms with Gasteiger partial charge < -0.3 is 10.2 Å². The lowest BCUT2D eigenvalue weighted by molar-refractivity contribution is 0.125. The maximum absolute atomic E-state index is 14.2. The first-order valence-corrected chi connectivity index (χ1v) is 10.6. The Kier molecular flexibility index (Phi) is 5.61. The SMILES string of the molecule is Fc1cc(F)c2c(c1)C1(CCN(CC3CCCCCCC3)CC1)CNC2. The number of hydrogen-bond donors (Lipinski definition) is 1. The molecule has 2 aliphatic heterocycles. The van der Waals surface area contributed by atoms with Crippen LogP contribution in [0.25, 0.3) is 0 Å². The van der Waals surface area contributed by atoms with Crippen LogP contribution in [0.3, 0.4) is 0 Å². The molecule has 1 saturated heterocycles. The third-order valence-electron chi connectivity index (χ3n) is 7.05. The van der Waals surface area contributed by atoms with Crippen molar-refractivity contribution in [2.75, 3.05) is 26.2 Å². The Hall–Kier alpha value is -1.00. The van der Waals surface area contributed by atoms with Crippen molar-refractivity contribution in [2.45, 2.75) is 69.7 Å². The predicted octanol–water partition coefficient (Wildman–Crippen LogP) is 4.76. The maximum atomic E-state index is 14.2. The van der Waals surface area contributed by atoms with Gasteiger partial charge in [-0.2, -0.15) is 0 Å². The van der Waals surface area contributed by atoms with Crippen molar-refractivity contribution >= 4 is 0 Å². The Morgan fingerprint density at radius 2 is 1.69 bits per heavy atom. The summed E-state index contributed by atoms with van der Waals surface area (Å²) in [6.07, 6.45) is 11.8. The van der Waals surface area contributed by atoms with Gasteiger partial charge in [0.1, 0.15) is 11.6 Å². The quantitative estimate of drug-likeness (QED) is 0.816. The first kappa shape index (κ1) is 18.4. The number of piperidine rings is 1. The second kappa shape index (κ2) is 7.93. The van der Waals surface area contributed by atoms with Gasteiger partial charge in [0.2, 0.25) is 0 Å². The van der Waals surface area contributed by atoms with Gasteiger partial charge in [-0.3, -0.25) is 0 Å². The number of nitrogens with one attached hydrogen (secondary N) is 1. The molecular formula is C22H32F2N2. The van der Waals surface area contributed by atoms with Gasteiger partial charge in [0, 0.05) is 36.7 Å². The summed E-state index contributed by atoms with van der Waals surface area (Å²) in [6, 6.07) is 2.63. The highest BCUT2D eigenvalue weighted by atomic mass is 19.1. The van der Waals surface area contributed by atoms with Crippen molar-refractivity contribution in [1.29, 1.82) is 0 Å². The first-order chi connectivity index (χ1) is 12.7. The fraction of sp³-hybridized carbons (Fsp3) is 0.727. The average molecular weight is 363 g/mol. The van der Waals surface area contributed by atoms with E-state index in [1.807, 2.05) is 0 Å². The lowest BCUT2D eigenvalue weighted by Gasteiger charge is -2.46. The van der Waals surface area contributed by atoms with Crippen molar-refractivity contribution < 1.29 is 8.78 Å². The molecule has 144 valence electrons. The molecule has 4 heteroatoms. The zero-order chi connectivity index (χ0) is 18.0. The van der Waals surface area contributed by atoms with Crippen molar-refractivity contribution in [1.82, 2.24) is 10.2 Å². The molecule has 1 N–H and O–H groups in total. The number of rotatable bonds is 2. The number of fused-ring (bicyclic) bond motifs is 2. The van der Waals surface area contributed by atoms with Gasteiger partial charge in [0.05, 0.1) is 0 Å². The highest BCUT2D eigenvalue weighted by Crippen LogP contribution is 2.40. The Balaban J connectivity index is 1.42. The molecule has 0 amide bonds. The molecule has 1 aromatic rings. The van der Waals surface area contributed by atoms with Gasteiger partial charge in [-0.1, -0.05) is 32.1 Å². The first-order valence-electron chi connectivity index (χ1n) is 10.6. The third-order valence-corrected chi connectivity index (χ3v) is 7.05. The van der Waals surface area contributed by atoms with E-state index in [0.29, 0.717) is 12.1 Å². The van der Waals surface area contributed by atoms with Gasteiger partial charge in [-0.05, 0) is 56.3 Å². The van der Waals surface area contributed by atoms with Gasteiger partial charge in [0.25, 0.3) is 0 Å². The second-order valence-corrected chi connectivity index (χ2v) is 8.81. The number of halogens is 2. The summed E-state index contributed by atoms with van der Waals surface area (Å²) in [5.74, 6) is 0.0269. The highest BCUT2D eigenvalue weighted by molar-refractivity contribution is 5.39. The minimum absolute atomic E-state index is 0.0893. The molecule has 0 aromatic heterocycles. The number of benzene rings is 1. The molecule has 0 unspecified atom stereocenters. The summed E-state index contributed by atoms with van der Waals surface area (Å²) in [5.41, 5.74) is 1.53. The fourth-order valence-electron chi connectivity index (χ4n) is 5.48. The van der Waals surface area contributed by atoms with Crippen molar-refractivity contribution in [3.05, 3.63) is 34.9 Å². The van der Waals surface area contributed by atoms with Gasteiger partial charge >= 0.3 is 0 Å². The van der Waals surface area contributed by atoms with Crippen molar-refractivity contribution in [2.24, 2.45) is 5.92 Å². The molecule has 2 nitrogen and oxygen atoms in total. The van der Waals surface area contributed by atoms with E-state index in [2.05, 4.69) is 10.2 Å². The van der Waals surface area contributed by atoms with Crippen LogP contribution in [0.5, 0.6) is 0 Å². The molecular weight excluding hydrogens is 330 g/mol. The topological polar surface area (TPSA) is 15.3 Å². The Morgan fingerprint density at radius 1 is 1.00 bits per heavy atom. The predicted molar refractivity (Wildman–Crippen MR) is 101 cm³/mol. The standard InChI is InChI=1S/C22H32F2N2/c23-18-12-20-19(21(24)13-18)14-25-16-22(20)8-10-26(11-9-22)15-17-6-4-2-1-3-5-7-17/h12-13,17,25H,1-11,14-16H2. The molecule has 0 radical (unpaired) electrons. The molecule has 1 aliphatic carbocycles. The number of nitrogens with zero attached hydrogens (tertiary/aromatic N) is 1. The van der Waals surface area contributed by atoms with Crippen LogP contribution in [0.15, 0.2) is 12.1 Å². The van der Waals surface area contributed by atoms with E-state index in [1.54, 1.807) is 6.07 Å². The van der Waals surface area contributed by atoms with Gasteiger partial charge in [0.15, 0.2) is 0 Å². The molecule has 4 rings (SSSR count). The Labute approximate surface area is 156 Å². The van der Waals surface area contributed by atoms with Gasteiger partial charge in [-0.15, -0.1) is 0 Å². The zero-order valence-electron chi connectivity index (χ0n) is 15.8. The summed E-state index contributed by atoms with van der Waals surface area (Å²) >= 11 is 0. The lowest BCUT2D eigenvalue weighted by atomic mass is 9.69. The number of hydrogen-bond acceptors (Lipinski definition) is 2. The monoisotopic (exact) mass is 362 g/mol. The summed E-state index contributed by atoms with van der Waals surface area (Å²) < 4.78 is 28.1. The van der Waals surface area contributed by atoms with Crippen LogP contribution in [0.2, 0.25) is 0 Å². The van der Waals surface area contributed by atoms with Crippen LogP contribution in [-0.2, 0) is 12.0 Å². The van der Waals surface area contributed by atoms with E-state index >= 15 is 0 Å². The summed E-state index contributed by atoms with van der Waals surface area (Å²) in [7, 11) is 0. The van der Waals surface area contributed by atoms with E-state index in [1.165, 1.54) is 51.5 Å². The summed E-state index contributed by atoms with van der Waals surface area (Å²) in [6.45, 7) is 4.69. The zero-order valence-corrected chi connectivity index (χ0v) is 15.8. The summed E-state index contributed by atoms with van der Waals surface area (Å²) in [4.78, 5) is 2.61. The maximum Gasteiger partial charge on any atom is 0.130 e. The molecule has 26 heavy (non-hydrogen) atoms. The second-order valence-electron chi connectivity index (χ2n) is 8.81. The number of likely N-dealkylation sites (tertiary alicyclic amines) is 1. The van der Waals surface area contributed by atoms with Crippen LogP contribution >= 0.6 is 0 Å². The van der Waals surface area contributed by atoms with E-state index in [4.69, 9.17) is 0 Å². The van der Waals surface area contributed by atoms with Crippen molar-refractivity contribution in [3.8, 4) is 0 Å². The smallest absolute Gasteiger partial charge is 0.130 e. The Bertz CT molecular complexity index is 615. The van der Waals surface area contributed by atoms with Crippen LogP contribution < -0.4 is 5.32 Å². The van der Waals surface area contributed by atoms with Crippen molar-refractivity contribution in [3.63, 3.8) is 0 Å². The highest BCUT2D eigenvalue weighted by Gasteiger charge is 2.40. The molecule has 1 spiro atoms. The molecule has 0 atom stereocenters. The molecule has 0 bridgehead atoms. The molecule has 2 fully saturated rings. The summed E-state index contributed by atoms with van der Waals surface area (Å²) in [5, 5.41) is 3.39. The Morgan fingerprint density at radius 3 is 2.42 bits per heavy atom. The lowest BCUT2D eigenvalue weighted by Crippen LogP contribution is -2.51. The van der Waals surface area contributed by atoms with Crippen LogP contribution in [0, 0.1) is 17.6 Å². The van der Waals surface area contributed by atoms with Gasteiger partial charge in [-0.25, -0.2) is 8.78 Å². The van der Waals surface area contributed by atoms with E-state index in [-0.39, 0.29) is 11.2 Å². The van der Waals surface area contributed by atoms with Crippen LogP contribution in [-0.4, -0.2) is 31.1 Å². The van der Waals surface area contributed by atoms with Crippen LogP contribution in [0.4, 0.5) is 8.78 Å². The minimum atomic E-state index is -0.431.